The van der Waals surface area contributed by atoms with Crippen molar-refractivity contribution >= 4 is 34.2 Å². The van der Waals surface area contributed by atoms with Crippen LogP contribution in [0.15, 0.2) is 47.6 Å². The molecule has 3 rings (SSSR count). The van der Waals surface area contributed by atoms with Gasteiger partial charge in [0.25, 0.3) is 0 Å². The molecule has 0 fully saturated rings. The van der Waals surface area contributed by atoms with E-state index in [9.17, 15) is 13.2 Å². The molecule has 27 heavy (non-hydrogen) atoms. The van der Waals surface area contributed by atoms with E-state index in [1.807, 2.05) is 0 Å². The summed E-state index contributed by atoms with van der Waals surface area (Å²) in [7, 11) is 3.25. The van der Waals surface area contributed by atoms with Crippen LogP contribution in [0.25, 0.3) is 16.9 Å². The van der Waals surface area contributed by atoms with Crippen LogP contribution in [-0.4, -0.2) is 27.3 Å². The Labute approximate surface area is 158 Å². The van der Waals surface area contributed by atoms with Crippen molar-refractivity contribution in [1.29, 1.82) is 0 Å². The predicted octanol–water partition coefficient (Wildman–Crippen LogP) is 4.06. The number of hydrogen-bond donors (Lipinski definition) is 1. The van der Waals surface area contributed by atoms with E-state index in [4.69, 9.17) is 17.3 Å². The van der Waals surface area contributed by atoms with Gasteiger partial charge in [0.1, 0.15) is 5.52 Å². The lowest BCUT2D eigenvalue weighted by molar-refractivity contribution is -0.137. The molecular weight excluding hydrogens is 379 g/mol. The Morgan fingerprint density at radius 1 is 1.26 bits per heavy atom. The van der Waals surface area contributed by atoms with Crippen LogP contribution in [0.1, 0.15) is 17.0 Å². The number of nitrogens with zero attached hydrogens (tertiary/aromatic N) is 4. The number of pyridine rings is 1. The molecule has 0 bridgehead atoms. The third-order valence-electron chi connectivity index (χ3n) is 3.97. The van der Waals surface area contributed by atoms with E-state index in [1.165, 1.54) is 4.57 Å². The van der Waals surface area contributed by atoms with E-state index < -0.39 is 11.7 Å². The standard InChI is InChI=1S/C18H15ClF3N5/c1-24-14(10-3-5-12(19)6-4-10)8-13(23)16-26-15-7-11(18(20,21)22)9-25-17(15)27(16)2/h3-9H,23H2,1-2H3/b13-8-,24-14?. The molecule has 0 aliphatic heterocycles. The fourth-order valence-electron chi connectivity index (χ4n) is 2.60. The van der Waals surface area contributed by atoms with Crippen LogP contribution < -0.4 is 5.73 Å². The van der Waals surface area contributed by atoms with Crippen LogP contribution in [0.4, 0.5) is 13.2 Å². The first-order valence-corrected chi connectivity index (χ1v) is 8.18. The van der Waals surface area contributed by atoms with Gasteiger partial charge in [0.05, 0.1) is 17.0 Å². The smallest absolute Gasteiger partial charge is 0.396 e. The number of halogens is 4. The summed E-state index contributed by atoms with van der Waals surface area (Å²) in [5, 5.41) is 0.591. The summed E-state index contributed by atoms with van der Waals surface area (Å²) < 4.78 is 40.2. The second kappa shape index (κ2) is 7.03. The van der Waals surface area contributed by atoms with Crippen LogP contribution >= 0.6 is 11.6 Å². The van der Waals surface area contributed by atoms with Gasteiger partial charge in [0, 0.05) is 25.3 Å². The molecule has 0 saturated carbocycles. The van der Waals surface area contributed by atoms with Crippen LogP contribution in [-0.2, 0) is 13.2 Å². The predicted molar refractivity (Wildman–Crippen MR) is 99.6 cm³/mol. The molecule has 0 saturated heterocycles. The third-order valence-corrected chi connectivity index (χ3v) is 4.22. The van der Waals surface area contributed by atoms with Crippen LogP contribution in [0.2, 0.25) is 5.02 Å². The summed E-state index contributed by atoms with van der Waals surface area (Å²) in [6, 6.07) is 7.99. The van der Waals surface area contributed by atoms with E-state index in [0.717, 1.165) is 17.8 Å². The molecule has 2 heterocycles. The van der Waals surface area contributed by atoms with Gasteiger partial charge in [-0.15, -0.1) is 0 Å². The van der Waals surface area contributed by atoms with Gasteiger partial charge in [-0.3, -0.25) is 4.99 Å². The zero-order chi connectivity index (χ0) is 19.8. The largest absolute Gasteiger partial charge is 0.417 e. The van der Waals surface area contributed by atoms with Gasteiger partial charge in [-0.2, -0.15) is 13.2 Å². The minimum Gasteiger partial charge on any atom is -0.396 e. The van der Waals surface area contributed by atoms with E-state index in [2.05, 4.69) is 15.0 Å². The number of allylic oxidation sites excluding steroid dienone is 1. The van der Waals surface area contributed by atoms with E-state index in [-0.39, 0.29) is 11.2 Å². The fourth-order valence-corrected chi connectivity index (χ4v) is 2.72. The topological polar surface area (TPSA) is 69.1 Å². The van der Waals surface area contributed by atoms with Gasteiger partial charge in [-0.1, -0.05) is 23.7 Å². The zero-order valence-electron chi connectivity index (χ0n) is 14.4. The molecule has 0 spiro atoms. The highest BCUT2D eigenvalue weighted by Crippen LogP contribution is 2.30. The number of hydrogen-bond acceptors (Lipinski definition) is 4. The van der Waals surface area contributed by atoms with Crippen molar-refractivity contribution in [3.63, 3.8) is 0 Å². The van der Waals surface area contributed by atoms with Gasteiger partial charge >= 0.3 is 6.18 Å². The van der Waals surface area contributed by atoms with Crippen molar-refractivity contribution in [2.24, 2.45) is 17.8 Å². The second-order valence-corrected chi connectivity index (χ2v) is 6.21. The SMILES string of the molecule is CN=C(/C=C(\N)c1nc2cc(C(F)(F)F)cnc2n1C)c1ccc(Cl)cc1. The third kappa shape index (κ3) is 3.80. The lowest BCUT2D eigenvalue weighted by atomic mass is 10.1. The van der Waals surface area contributed by atoms with Gasteiger partial charge in [-0.05, 0) is 29.8 Å². The van der Waals surface area contributed by atoms with Crippen LogP contribution in [0, 0.1) is 0 Å². The minimum atomic E-state index is -4.49. The molecule has 3 aromatic rings. The number of aryl methyl sites for hydroxylation is 1. The highest BCUT2D eigenvalue weighted by atomic mass is 35.5. The Balaban J connectivity index is 2.04. The Kier molecular flexibility index (Phi) is 4.93. The van der Waals surface area contributed by atoms with Gasteiger partial charge < -0.3 is 10.3 Å². The van der Waals surface area contributed by atoms with Crippen molar-refractivity contribution in [2.75, 3.05) is 7.05 Å². The molecular formula is C18H15ClF3N5. The average molecular weight is 394 g/mol. The summed E-state index contributed by atoms with van der Waals surface area (Å²) in [5.41, 5.74) is 7.33. The Morgan fingerprint density at radius 2 is 1.93 bits per heavy atom. The van der Waals surface area contributed by atoms with Crippen molar-refractivity contribution in [3.05, 3.63) is 64.6 Å². The first kappa shape index (κ1) is 18.9. The fraction of sp³-hybridized carbons (Fsp3) is 0.167. The molecule has 0 unspecified atom stereocenters. The maximum Gasteiger partial charge on any atom is 0.417 e. The van der Waals surface area contributed by atoms with Gasteiger partial charge in [-0.25, -0.2) is 9.97 Å². The lowest BCUT2D eigenvalue weighted by Crippen LogP contribution is -2.08. The summed E-state index contributed by atoms with van der Waals surface area (Å²) in [4.78, 5) is 12.3. The number of aliphatic imine (C=N–C) groups is 1. The number of aromatic nitrogens is 3. The summed E-state index contributed by atoms with van der Waals surface area (Å²) in [6.45, 7) is 0. The Hall–Kier alpha value is -2.87. The molecule has 9 heteroatoms. The second-order valence-electron chi connectivity index (χ2n) is 5.77. The van der Waals surface area contributed by atoms with Crippen molar-refractivity contribution in [1.82, 2.24) is 14.5 Å². The van der Waals surface area contributed by atoms with Gasteiger partial charge in [0.2, 0.25) is 0 Å². The van der Waals surface area contributed by atoms with Crippen LogP contribution in [0.3, 0.4) is 0 Å². The first-order valence-electron chi connectivity index (χ1n) is 7.80. The van der Waals surface area contributed by atoms with Gasteiger partial charge in [0.15, 0.2) is 11.5 Å². The Bertz CT molecular complexity index is 1050. The molecule has 5 nitrogen and oxygen atoms in total. The molecule has 0 aliphatic rings. The lowest BCUT2D eigenvalue weighted by Gasteiger charge is -2.06. The van der Waals surface area contributed by atoms with Crippen LogP contribution in [0.5, 0.6) is 0 Å². The highest BCUT2D eigenvalue weighted by molar-refractivity contribution is 6.30. The maximum absolute atomic E-state index is 12.9. The Morgan fingerprint density at radius 3 is 2.52 bits per heavy atom. The first-order chi connectivity index (χ1) is 12.7. The summed E-state index contributed by atoms with van der Waals surface area (Å²) >= 11 is 5.89. The molecule has 0 atom stereocenters. The molecule has 140 valence electrons. The average Bonchev–Trinajstić information content (AvgIpc) is 2.96. The molecule has 0 radical (unpaired) electrons. The zero-order valence-corrected chi connectivity index (χ0v) is 15.2. The molecule has 0 aliphatic carbocycles. The maximum atomic E-state index is 12.9. The normalized spacial score (nSPS) is 13.4. The minimum absolute atomic E-state index is 0.111. The monoisotopic (exact) mass is 393 g/mol. The molecule has 0 amide bonds. The number of rotatable bonds is 3. The summed E-state index contributed by atoms with van der Waals surface area (Å²) in [6.07, 6.45) is -2.10. The molecule has 2 aromatic heterocycles. The number of imidazole rings is 1. The number of alkyl halides is 3. The van der Waals surface area contributed by atoms with E-state index >= 15 is 0 Å². The van der Waals surface area contributed by atoms with Crippen molar-refractivity contribution in [2.45, 2.75) is 6.18 Å². The van der Waals surface area contributed by atoms with E-state index in [0.29, 0.717) is 22.2 Å². The number of benzene rings is 1. The quantitative estimate of drug-likeness (QED) is 0.682. The van der Waals surface area contributed by atoms with E-state index in [1.54, 1.807) is 44.4 Å². The summed E-state index contributed by atoms with van der Waals surface area (Å²) in [5.74, 6) is 0.298. The number of nitrogens with two attached hydrogens (primary N) is 1. The molecule has 1 aromatic carbocycles. The highest BCUT2D eigenvalue weighted by Gasteiger charge is 2.31. The molecule has 2 N–H and O–H groups in total. The van der Waals surface area contributed by atoms with Crippen molar-refractivity contribution < 1.29 is 13.2 Å². The van der Waals surface area contributed by atoms with Crippen molar-refractivity contribution in [3.8, 4) is 0 Å². The number of fused-ring (bicyclic) bond motifs is 1.